The fraction of sp³-hybridized carbons (Fsp3) is 0.375. The van der Waals surface area contributed by atoms with E-state index < -0.39 is 24.3 Å². The summed E-state index contributed by atoms with van der Waals surface area (Å²) in [4.78, 5) is 42.9. The lowest BCUT2D eigenvalue weighted by Crippen LogP contribution is -2.43. The van der Waals surface area contributed by atoms with Crippen LogP contribution in [0.2, 0.25) is 5.02 Å². The molecule has 0 saturated heterocycles. The highest BCUT2D eigenvalue weighted by Gasteiger charge is 2.24. The number of methoxy groups -OCH3 is 1. The predicted octanol–water partition coefficient (Wildman–Crippen LogP) is 6.48. The average molecular weight is 730 g/mol. The summed E-state index contributed by atoms with van der Waals surface area (Å²) in [5.41, 5.74) is 13.5. The summed E-state index contributed by atoms with van der Waals surface area (Å²) < 4.78 is 21.3. The van der Waals surface area contributed by atoms with E-state index in [1.807, 2.05) is 32.0 Å². The summed E-state index contributed by atoms with van der Waals surface area (Å²) in [5.74, 6) is -0.391. The van der Waals surface area contributed by atoms with Crippen molar-refractivity contribution in [3.8, 4) is 11.5 Å². The molecule has 0 spiro atoms. The second kappa shape index (κ2) is 20.6. The second-order valence-corrected chi connectivity index (χ2v) is 13.8. The molecule has 0 radical (unpaired) electrons. The van der Waals surface area contributed by atoms with Crippen LogP contribution in [0.25, 0.3) is 0 Å². The lowest BCUT2D eigenvalue weighted by molar-refractivity contribution is -0.383. The number of benzene rings is 3. The van der Waals surface area contributed by atoms with Gasteiger partial charge in [-0.25, -0.2) is 0 Å². The van der Waals surface area contributed by atoms with Crippen molar-refractivity contribution in [2.24, 2.45) is 5.73 Å². The molecular weight excluding hydrogens is 686 g/mol. The number of nitro groups is 1. The molecule has 264 valence electrons. The van der Waals surface area contributed by atoms with Gasteiger partial charge in [0.15, 0.2) is 7.37 Å². The summed E-state index contributed by atoms with van der Waals surface area (Å²) in [6.07, 6.45) is 0.878. The molecule has 0 fully saturated rings. The average Bonchev–Trinajstić information content (AvgIpc) is 3.03. The molecule has 6 N–H and O–H groups in total. The number of aryl methyl sites for hydroxylation is 2. The maximum atomic E-state index is 12.2. The van der Waals surface area contributed by atoms with Crippen LogP contribution in [0.1, 0.15) is 31.4 Å². The van der Waals surface area contributed by atoms with E-state index >= 15 is 0 Å². The van der Waals surface area contributed by atoms with Gasteiger partial charge in [-0.2, -0.15) is 0 Å². The highest BCUT2D eigenvalue weighted by atomic mass is 35.5. The zero-order valence-corrected chi connectivity index (χ0v) is 29.9. The quantitative estimate of drug-likeness (QED) is 0.0492. The van der Waals surface area contributed by atoms with E-state index in [1.54, 1.807) is 36.3 Å². The van der Waals surface area contributed by atoms with Crippen LogP contribution in [-0.4, -0.2) is 71.3 Å². The third kappa shape index (κ3) is 13.8. The number of hydrogen-bond acceptors (Lipinski definition) is 9. The van der Waals surface area contributed by atoms with Crippen LogP contribution in [0.5, 0.6) is 11.5 Å². The highest BCUT2D eigenvalue weighted by Crippen LogP contribution is 2.39. The third-order valence-electron chi connectivity index (χ3n) is 6.64. The van der Waals surface area contributed by atoms with Gasteiger partial charge in [0, 0.05) is 26.0 Å². The molecule has 0 aliphatic rings. The minimum Gasteiger partial charge on any atom is -0.480 e. The molecule has 3 aromatic rings. The first-order chi connectivity index (χ1) is 22.5. The summed E-state index contributed by atoms with van der Waals surface area (Å²) >= 11 is 11.7. The van der Waals surface area contributed by atoms with Gasteiger partial charge in [-0.1, -0.05) is 54.9 Å². The molecular formula is C32H43Cl2N4O9P. The van der Waals surface area contributed by atoms with Crippen molar-refractivity contribution in [1.29, 1.82) is 0 Å². The van der Waals surface area contributed by atoms with Crippen molar-refractivity contribution >= 4 is 59.5 Å². The Balaban J connectivity index is 0.000000374. The molecule has 3 aromatic carbocycles. The topological polar surface area (TPSA) is 209 Å². The van der Waals surface area contributed by atoms with Gasteiger partial charge in [-0.05, 0) is 56.0 Å². The van der Waals surface area contributed by atoms with Gasteiger partial charge in [-0.3, -0.25) is 24.3 Å². The molecule has 0 aliphatic heterocycles. The number of anilines is 2. The molecule has 0 saturated carbocycles. The number of nitrogen functional groups attached to an aromatic ring is 1. The van der Waals surface area contributed by atoms with E-state index in [2.05, 4.69) is 13.0 Å². The maximum Gasteiger partial charge on any atom is 0.320 e. The Labute approximate surface area is 290 Å². The summed E-state index contributed by atoms with van der Waals surface area (Å²) in [7, 11) is -1.47. The number of amides is 1. The van der Waals surface area contributed by atoms with Crippen LogP contribution in [-0.2, 0) is 25.3 Å². The second-order valence-electron chi connectivity index (χ2n) is 10.6. The number of nitrogens with zero attached hydrogens (tertiary/aromatic N) is 2. The third-order valence-corrected chi connectivity index (χ3v) is 8.34. The number of carboxylic acids is 1. The fourth-order valence-electron chi connectivity index (χ4n) is 4.24. The number of nitrogens with two attached hydrogens (primary N) is 2. The first kappa shape index (κ1) is 42.3. The van der Waals surface area contributed by atoms with E-state index in [9.17, 15) is 24.3 Å². The molecule has 48 heavy (non-hydrogen) atoms. The van der Waals surface area contributed by atoms with E-state index in [4.69, 9.17) is 54.1 Å². The van der Waals surface area contributed by atoms with E-state index in [1.165, 1.54) is 18.8 Å². The van der Waals surface area contributed by atoms with Gasteiger partial charge < -0.3 is 35.8 Å². The lowest BCUT2D eigenvalue weighted by Gasteiger charge is -2.31. The molecule has 0 bridgehead atoms. The normalized spacial score (nSPS) is 12.9. The molecule has 0 heterocycles. The Bertz CT molecular complexity index is 1560. The van der Waals surface area contributed by atoms with Crippen molar-refractivity contribution in [3.05, 3.63) is 86.9 Å². The molecule has 13 nitrogen and oxygen atoms in total. The van der Waals surface area contributed by atoms with Crippen LogP contribution in [0.3, 0.4) is 0 Å². The number of rotatable bonds is 13. The van der Waals surface area contributed by atoms with Gasteiger partial charge in [-0.15, -0.1) is 11.6 Å². The van der Waals surface area contributed by atoms with Crippen molar-refractivity contribution in [2.45, 2.75) is 45.7 Å². The number of hydrogen-bond donors (Lipinski definition) is 4. The number of aliphatic carboxylic acids is 1. The van der Waals surface area contributed by atoms with Crippen molar-refractivity contribution < 1.29 is 38.6 Å². The lowest BCUT2D eigenvalue weighted by atomic mass is 10.0. The van der Waals surface area contributed by atoms with Crippen LogP contribution in [0.15, 0.2) is 60.7 Å². The first-order valence-electron chi connectivity index (χ1n) is 14.7. The molecule has 3 atom stereocenters. The van der Waals surface area contributed by atoms with Crippen molar-refractivity contribution in [3.63, 3.8) is 0 Å². The monoisotopic (exact) mass is 728 g/mol. The predicted molar refractivity (Wildman–Crippen MR) is 190 cm³/mol. The van der Waals surface area contributed by atoms with Gasteiger partial charge in [0.25, 0.3) is 5.69 Å². The van der Waals surface area contributed by atoms with Crippen LogP contribution in [0.4, 0.5) is 17.1 Å². The Morgan fingerprint density at radius 3 is 2.25 bits per heavy atom. The van der Waals surface area contributed by atoms with E-state index in [0.717, 1.165) is 23.2 Å². The molecule has 0 aliphatic carbocycles. The molecule has 3 unspecified atom stereocenters. The molecule has 1 amide bonds. The number of carbonyl (C=O) groups is 2. The Kier molecular flexibility index (Phi) is 18.2. The summed E-state index contributed by atoms with van der Waals surface area (Å²) in [6.45, 7) is 7.74. The van der Waals surface area contributed by atoms with Crippen LogP contribution >= 0.6 is 30.6 Å². The summed E-state index contributed by atoms with van der Waals surface area (Å²) in [6, 6.07) is 16.6. The number of halogens is 2. The number of carbonyl (C=O) groups excluding carboxylic acids is 1. The minimum atomic E-state index is -3.10. The SMILES string of the molecule is CCc1cccc(C)c1N(C(=O)CCl)C(C)COC.CP(=O)(O)CCC(N)C(=O)O.Nc1c([N+](=O)[O-])ccc(Oc2ccccc2)c1Cl. The minimum absolute atomic E-state index is 0.0223. The molecule has 0 aromatic heterocycles. The smallest absolute Gasteiger partial charge is 0.320 e. The van der Waals surface area contributed by atoms with E-state index in [-0.39, 0.29) is 52.6 Å². The standard InChI is InChI=1S/C15H22ClNO2.C12H9ClN2O3.C5H12NO4P/c1-5-13-8-6-7-11(2)15(13)17(14(18)9-16)12(3)10-19-4;13-11-10(18-8-4-2-1-3-5-8)7-6-9(12(11)14)15(16)17;1-11(9,10)3-2-4(6)5(7)8/h6-8,12H,5,9-10H2,1-4H3;1-7H,14H2;4H,2-3,6H2,1H3,(H,7,8)(H,9,10). The van der Waals surface area contributed by atoms with Gasteiger partial charge in [0.05, 0.1) is 23.3 Å². The van der Waals surface area contributed by atoms with Crippen LogP contribution in [0, 0.1) is 17.0 Å². The summed E-state index contributed by atoms with van der Waals surface area (Å²) in [5, 5.41) is 19.0. The number of ether oxygens (including phenoxy) is 2. The number of carboxylic acid groups (broad SMARTS) is 1. The highest BCUT2D eigenvalue weighted by molar-refractivity contribution is 7.57. The number of alkyl halides is 1. The fourth-order valence-corrected chi connectivity index (χ4v) is 5.32. The van der Waals surface area contributed by atoms with Crippen molar-refractivity contribution in [2.75, 3.05) is 43.1 Å². The van der Waals surface area contributed by atoms with Crippen LogP contribution < -0.4 is 21.1 Å². The Morgan fingerprint density at radius 2 is 1.75 bits per heavy atom. The number of nitro benzene ring substituents is 1. The Hall–Kier alpha value is -3.71. The largest absolute Gasteiger partial charge is 0.480 e. The van der Waals surface area contributed by atoms with Gasteiger partial charge in [0.1, 0.15) is 34.1 Å². The molecule has 16 heteroatoms. The number of para-hydroxylation sites is 2. The first-order valence-corrected chi connectivity index (χ1v) is 17.9. The maximum absolute atomic E-state index is 12.2. The van der Waals surface area contributed by atoms with Gasteiger partial charge >= 0.3 is 5.97 Å². The van der Waals surface area contributed by atoms with Crippen molar-refractivity contribution in [1.82, 2.24) is 0 Å². The Morgan fingerprint density at radius 1 is 1.12 bits per heavy atom. The van der Waals surface area contributed by atoms with Gasteiger partial charge in [0.2, 0.25) is 5.91 Å². The zero-order valence-electron chi connectivity index (χ0n) is 27.5. The van der Waals surface area contributed by atoms with E-state index in [0.29, 0.717) is 12.4 Å². The molecule has 3 rings (SSSR count). The zero-order chi connectivity index (χ0) is 36.6.